The Morgan fingerprint density at radius 1 is 1.47 bits per heavy atom. The van der Waals surface area contributed by atoms with Crippen LogP contribution in [0, 0.1) is 0 Å². The van der Waals surface area contributed by atoms with Crippen LogP contribution in [0.4, 0.5) is 5.82 Å². The van der Waals surface area contributed by atoms with E-state index in [-0.39, 0.29) is 0 Å². The summed E-state index contributed by atoms with van der Waals surface area (Å²) >= 11 is 7.46. The zero-order valence-corrected chi connectivity index (χ0v) is 9.79. The van der Waals surface area contributed by atoms with Gasteiger partial charge in [-0.1, -0.05) is 11.6 Å². The highest BCUT2D eigenvalue weighted by atomic mass is 35.5. The van der Waals surface area contributed by atoms with E-state index in [1.807, 2.05) is 11.9 Å². The monoisotopic (exact) mass is 239 g/mol. The van der Waals surface area contributed by atoms with E-state index in [1.165, 1.54) is 11.8 Å². The minimum absolute atomic E-state index is 0.421. The molecule has 0 bridgehead atoms. The number of rotatable bonds is 3. The third kappa shape index (κ3) is 2.67. The number of hydrogen-bond acceptors (Lipinski definition) is 4. The van der Waals surface area contributed by atoms with Gasteiger partial charge < -0.3 is 4.90 Å². The smallest absolute Gasteiger partial charge is 0.149 e. The molecule has 2 aromatic rings. The van der Waals surface area contributed by atoms with Crippen molar-refractivity contribution in [2.75, 3.05) is 11.9 Å². The van der Waals surface area contributed by atoms with Crippen molar-refractivity contribution in [3.63, 3.8) is 0 Å². The van der Waals surface area contributed by atoms with Crippen LogP contribution in [0.15, 0.2) is 29.2 Å². The molecule has 5 heteroatoms. The van der Waals surface area contributed by atoms with Gasteiger partial charge >= 0.3 is 0 Å². The summed E-state index contributed by atoms with van der Waals surface area (Å²) in [5, 5.41) is 4.60. The molecule has 2 aromatic heterocycles. The minimum Gasteiger partial charge on any atom is -0.354 e. The summed E-state index contributed by atoms with van der Waals surface area (Å²) in [7, 11) is 1.97. The average molecular weight is 240 g/mol. The van der Waals surface area contributed by atoms with Crippen LogP contribution in [0.3, 0.4) is 0 Å². The molecule has 0 aliphatic carbocycles. The fourth-order valence-electron chi connectivity index (χ4n) is 1.25. The third-order valence-corrected chi connectivity index (χ3v) is 2.90. The molecule has 0 amide bonds. The molecular weight excluding hydrogens is 230 g/mol. The van der Waals surface area contributed by atoms with Crippen molar-refractivity contribution in [2.24, 2.45) is 0 Å². The van der Waals surface area contributed by atoms with Gasteiger partial charge in [-0.2, -0.15) is 11.3 Å². The summed E-state index contributed by atoms with van der Waals surface area (Å²) in [6.45, 7) is 0.818. The van der Waals surface area contributed by atoms with Crippen LogP contribution in [0.5, 0.6) is 0 Å². The quantitative estimate of drug-likeness (QED) is 0.825. The van der Waals surface area contributed by atoms with Crippen molar-refractivity contribution in [2.45, 2.75) is 6.54 Å². The Balaban J connectivity index is 2.11. The number of hydrogen-bond donors (Lipinski definition) is 0. The molecule has 0 unspecified atom stereocenters. The molecule has 0 atom stereocenters. The molecule has 0 aliphatic rings. The molecule has 78 valence electrons. The fourth-order valence-corrected chi connectivity index (χ4v) is 2.06. The Kier molecular flexibility index (Phi) is 3.18. The highest BCUT2D eigenvalue weighted by Crippen LogP contribution is 2.15. The predicted octanol–water partition coefficient (Wildman–Crippen LogP) is 2.83. The Morgan fingerprint density at radius 3 is 3.00 bits per heavy atom. The van der Waals surface area contributed by atoms with E-state index >= 15 is 0 Å². The van der Waals surface area contributed by atoms with Crippen LogP contribution in [0.1, 0.15) is 5.56 Å². The van der Waals surface area contributed by atoms with E-state index in [9.17, 15) is 0 Å². The maximum atomic E-state index is 5.77. The molecule has 0 fully saturated rings. The van der Waals surface area contributed by atoms with Crippen molar-refractivity contribution < 1.29 is 0 Å². The van der Waals surface area contributed by atoms with Gasteiger partial charge in [0, 0.05) is 13.6 Å². The second-order valence-corrected chi connectivity index (χ2v) is 4.35. The van der Waals surface area contributed by atoms with Crippen LogP contribution in [-0.2, 0) is 6.54 Å². The lowest BCUT2D eigenvalue weighted by molar-refractivity contribution is 0.894. The molecule has 3 nitrogen and oxygen atoms in total. The second kappa shape index (κ2) is 4.59. The number of thiophene rings is 1. The first kappa shape index (κ1) is 10.4. The minimum atomic E-state index is 0.421. The molecule has 0 spiro atoms. The van der Waals surface area contributed by atoms with E-state index in [1.54, 1.807) is 17.5 Å². The number of halogens is 1. The Morgan fingerprint density at radius 2 is 2.33 bits per heavy atom. The molecule has 2 heterocycles. The first-order valence-electron chi connectivity index (χ1n) is 4.45. The summed E-state index contributed by atoms with van der Waals surface area (Å²) in [5.41, 5.74) is 1.27. The van der Waals surface area contributed by atoms with Crippen molar-refractivity contribution in [1.29, 1.82) is 0 Å². The van der Waals surface area contributed by atoms with E-state index in [2.05, 4.69) is 26.8 Å². The Hall–Kier alpha value is -1.13. The maximum Gasteiger partial charge on any atom is 0.149 e. The summed E-state index contributed by atoms with van der Waals surface area (Å²) in [6.07, 6.45) is 3.24. The van der Waals surface area contributed by atoms with E-state index < -0.39 is 0 Å². The van der Waals surface area contributed by atoms with Gasteiger partial charge in [-0.15, -0.1) is 0 Å². The van der Waals surface area contributed by atoms with Crippen LogP contribution in [-0.4, -0.2) is 17.0 Å². The second-order valence-electron chi connectivity index (χ2n) is 3.19. The van der Waals surface area contributed by atoms with Crippen LogP contribution in [0.25, 0.3) is 0 Å². The largest absolute Gasteiger partial charge is 0.354 e. The topological polar surface area (TPSA) is 29.0 Å². The average Bonchev–Trinajstić information content (AvgIpc) is 2.70. The molecule has 2 rings (SSSR count). The van der Waals surface area contributed by atoms with Gasteiger partial charge in [-0.05, 0) is 22.4 Å². The molecule has 0 saturated heterocycles. The van der Waals surface area contributed by atoms with Crippen LogP contribution >= 0.6 is 22.9 Å². The fraction of sp³-hybridized carbons (Fsp3) is 0.200. The first-order chi connectivity index (χ1) is 7.25. The van der Waals surface area contributed by atoms with E-state index in [0.29, 0.717) is 5.15 Å². The lowest BCUT2D eigenvalue weighted by Gasteiger charge is -2.16. The molecule has 0 N–H and O–H groups in total. The number of anilines is 1. The molecule has 0 saturated carbocycles. The van der Waals surface area contributed by atoms with Gasteiger partial charge in [0.05, 0.1) is 12.4 Å². The van der Waals surface area contributed by atoms with Crippen LogP contribution < -0.4 is 4.90 Å². The maximum absolute atomic E-state index is 5.77. The van der Waals surface area contributed by atoms with Gasteiger partial charge in [0.1, 0.15) is 11.0 Å². The zero-order valence-electron chi connectivity index (χ0n) is 8.22. The molecule has 0 aliphatic heterocycles. The lowest BCUT2D eigenvalue weighted by Crippen LogP contribution is -2.17. The van der Waals surface area contributed by atoms with Gasteiger partial charge in [0.25, 0.3) is 0 Å². The van der Waals surface area contributed by atoms with Crippen LogP contribution in [0.2, 0.25) is 5.15 Å². The molecule has 15 heavy (non-hydrogen) atoms. The Bertz CT molecular complexity index is 430. The first-order valence-corrected chi connectivity index (χ1v) is 5.77. The van der Waals surface area contributed by atoms with Crippen molar-refractivity contribution >= 4 is 28.8 Å². The standard InChI is InChI=1S/C10H10ClN3S/c1-14(6-8-2-3-15-7-8)10-5-12-4-9(11)13-10/h2-5,7H,6H2,1H3. The van der Waals surface area contributed by atoms with Crippen molar-refractivity contribution in [3.8, 4) is 0 Å². The molecular formula is C10H10ClN3S. The van der Waals surface area contributed by atoms with Crippen molar-refractivity contribution in [3.05, 3.63) is 39.9 Å². The summed E-state index contributed by atoms with van der Waals surface area (Å²) in [6, 6.07) is 2.10. The summed E-state index contributed by atoms with van der Waals surface area (Å²) in [5.74, 6) is 0.786. The number of nitrogens with zero attached hydrogens (tertiary/aromatic N) is 3. The van der Waals surface area contributed by atoms with Gasteiger partial charge in [0.2, 0.25) is 0 Å². The molecule has 0 aromatic carbocycles. The van der Waals surface area contributed by atoms with Crippen molar-refractivity contribution in [1.82, 2.24) is 9.97 Å². The normalized spacial score (nSPS) is 10.3. The predicted molar refractivity (Wildman–Crippen MR) is 63.5 cm³/mol. The highest BCUT2D eigenvalue weighted by molar-refractivity contribution is 7.07. The summed E-state index contributed by atoms with van der Waals surface area (Å²) in [4.78, 5) is 10.2. The zero-order chi connectivity index (χ0) is 10.7. The Labute approximate surface area is 97.4 Å². The highest BCUT2D eigenvalue weighted by Gasteiger charge is 2.04. The van der Waals surface area contributed by atoms with E-state index in [0.717, 1.165) is 12.4 Å². The number of aromatic nitrogens is 2. The van der Waals surface area contributed by atoms with Gasteiger partial charge in [-0.3, -0.25) is 4.98 Å². The van der Waals surface area contributed by atoms with E-state index in [4.69, 9.17) is 11.6 Å². The summed E-state index contributed by atoms with van der Waals surface area (Å²) < 4.78 is 0. The van der Waals surface area contributed by atoms with Gasteiger partial charge in [0.15, 0.2) is 0 Å². The SMILES string of the molecule is CN(Cc1ccsc1)c1cncc(Cl)n1. The van der Waals surface area contributed by atoms with Gasteiger partial charge in [-0.25, -0.2) is 4.98 Å². The third-order valence-electron chi connectivity index (χ3n) is 1.98. The lowest BCUT2D eigenvalue weighted by atomic mass is 10.3. The molecule has 0 radical (unpaired) electrons.